The van der Waals surface area contributed by atoms with Crippen LogP contribution in [0.5, 0.6) is 0 Å². The Bertz CT molecular complexity index is 69.5. The summed E-state index contributed by atoms with van der Waals surface area (Å²) >= 11 is 0. The average Bonchev–Trinajstić information content (AvgIpc) is 2.13. The molecule has 53 valence electrons. The summed E-state index contributed by atoms with van der Waals surface area (Å²) in [6.07, 6.45) is 3.16. The van der Waals surface area contributed by atoms with Crippen LogP contribution in [0.2, 0.25) is 0 Å². The molecule has 0 saturated carbocycles. The first kappa shape index (κ1) is 6.99. The van der Waals surface area contributed by atoms with Gasteiger partial charge in [0.1, 0.15) is 0 Å². The van der Waals surface area contributed by atoms with Crippen molar-refractivity contribution in [2.24, 2.45) is 0 Å². The highest BCUT2D eigenvalue weighted by atomic mass is 16.6. The molecule has 0 aromatic rings. The van der Waals surface area contributed by atoms with E-state index in [9.17, 15) is 0 Å². The van der Waals surface area contributed by atoms with Gasteiger partial charge in [-0.3, -0.25) is 4.84 Å². The zero-order valence-corrected chi connectivity index (χ0v) is 5.42. The number of hydrogen-bond acceptors (Lipinski definition) is 2. The highest BCUT2D eigenvalue weighted by Crippen LogP contribution is 2.05. The summed E-state index contributed by atoms with van der Waals surface area (Å²) in [5, 5.41) is 8.64. The maximum atomic E-state index is 8.64. The molecule has 1 N–H and O–H groups in total. The Morgan fingerprint density at radius 1 is 1.56 bits per heavy atom. The fraction of sp³-hybridized carbons (Fsp3) is 1.00. The number of aliphatic hydroxyl groups is 1. The van der Waals surface area contributed by atoms with Crippen LogP contribution in [0.4, 0.5) is 0 Å². The predicted molar refractivity (Wildman–Crippen MR) is 32.8 cm³/mol. The Morgan fingerprint density at radius 3 is 3.22 bits per heavy atom. The molecule has 3 nitrogen and oxygen atoms in total. The molecular formula is C6H12NO2. The third-order valence-corrected chi connectivity index (χ3v) is 1.46. The smallest absolute Gasteiger partial charge is 0.0768 e. The van der Waals surface area contributed by atoms with Crippen molar-refractivity contribution < 1.29 is 9.94 Å². The molecular weight excluding hydrogens is 118 g/mol. The minimum atomic E-state index is 0.0347. The Morgan fingerprint density at radius 2 is 2.44 bits per heavy atom. The molecule has 0 aliphatic carbocycles. The van der Waals surface area contributed by atoms with E-state index in [1.54, 1.807) is 0 Å². The maximum Gasteiger partial charge on any atom is 0.0768 e. The second-order valence-electron chi connectivity index (χ2n) is 2.27. The van der Waals surface area contributed by atoms with Crippen LogP contribution in [0.25, 0.3) is 0 Å². The highest BCUT2D eigenvalue weighted by molar-refractivity contribution is 4.61. The molecule has 1 unspecified atom stereocenters. The Balaban J connectivity index is 2.18. The van der Waals surface area contributed by atoms with E-state index >= 15 is 0 Å². The van der Waals surface area contributed by atoms with Gasteiger partial charge in [0.15, 0.2) is 0 Å². The Labute approximate surface area is 55.0 Å². The van der Waals surface area contributed by atoms with Crippen molar-refractivity contribution in [3.05, 3.63) is 0 Å². The summed E-state index contributed by atoms with van der Waals surface area (Å²) < 4.78 is 0. The lowest BCUT2D eigenvalue weighted by Gasteiger charge is -2.06. The lowest BCUT2D eigenvalue weighted by Crippen LogP contribution is -2.24. The number of hydroxylamine groups is 1. The fourth-order valence-electron chi connectivity index (χ4n) is 0.882. The number of hydrogen-bond donors (Lipinski definition) is 1. The summed E-state index contributed by atoms with van der Waals surface area (Å²) in [6, 6.07) is 0.0347. The van der Waals surface area contributed by atoms with Gasteiger partial charge in [0.2, 0.25) is 0 Å². The fourth-order valence-corrected chi connectivity index (χ4v) is 0.882. The lowest BCUT2D eigenvalue weighted by atomic mass is 10.1. The molecule has 0 bridgehead atoms. The first-order valence-electron chi connectivity index (χ1n) is 3.36. The number of aliphatic hydroxyl groups excluding tert-OH is 1. The van der Waals surface area contributed by atoms with Crippen molar-refractivity contribution in [1.29, 1.82) is 0 Å². The van der Waals surface area contributed by atoms with Gasteiger partial charge in [-0.2, -0.15) is 0 Å². The molecule has 1 radical (unpaired) electrons. The zero-order valence-electron chi connectivity index (χ0n) is 5.42. The number of rotatable bonds is 1. The molecule has 1 fully saturated rings. The second kappa shape index (κ2) is 3.82. The first-order valence-corrected chi connectivity index (χ1v) is 3.36. The van der Waals surface area contributed by atoms with Gasteiger partial charge in [-0.25, -0.2) is 0 Å². The van der Waals surface area contributed by atoms with Gasteiger partial charge in [-0.05, 0) is 19.3 Å². The quantitative estimate of drug-likeness (QED) is 0.545. The van der Waals surface area contributed by atoms with E-state index in [1.165, 1.54) is 0 Å². The van der Waals surface area contributed by atoms with Gasteiger partial charge >= 0.3 is 0 Å². The van der Waals surface area contributed by atoms with Gasteiger partial charge in [-0.15, -0.1) is 0 Å². The third-order valence-electron chi connectivity index (χ3n) is 1.46. The number of nitrogens with zero attached hydrogens (tertiary/aromatic N) is 1. The van der Waals surface area contributed by atoms with Crippen LogP contribution in [-0.4, -0.2) is 24.4 Å². The van der Waals surface area contributed by atoms with Crippen LogP contribution < -0.4 is 5.48 Å². The van der Waals surface area contributed by atoms with Gasteiger partial charge in [0.25, 0.3) is 0 Å². The summed E-state index contributed by atoms with van der Waals surface area (Å²) in [5.41, 5.74) is 3.79. The van der Waals surface area contributed by atoms with Crippen molar-refractivity contribution in [2.45, 2.75) is 25.3 Å². The van der Waals surface area contributed by atoms with Crippen LogP contribution in [-0.2, 0) is 4.84 Å². The summed E-state index contributed by atoms with van der Waals surface area (Å²) in [7, 11) is 0. The predicted octanol–water partition coefficient (Wildman–Crippen LogP) is 0.0672. The van der Waals surface area contributed by atoms with E-state index in [-0.39, 0.29) is 12.6 Å². The van der Waals surface area contributed by atoms with Crippen molar-refractivity contribution >= 4 is 0 Å². The highest BCUT2D eigenvalue weighted by Gasteiger charge is 2.11. The van der Waals surface area contributed by atoms with E-state index in [4.69, 9.17) is 9.94 Å². The minimum Gasteiger partial charge on any atom is -0.395 e. The van der Waals surface area contributed by atoms with E-state index in [0.29, 0.717) is 0 Å². The third kappa shape index (κ3) is 2.30. The lowest BCUT2D eigenvalue weighted by molar-refractivity contribution is 0.00600. The van der Waals surface area contributed by atoms with E-state index in [2.05, 4.69) is 5.48 Å². The van der Waals surface area contributed by atoms with Crippen LogP contribution in [0.3, 0.4) is 0 Å². The van der Waals surface area contributed by atoms with Crippen LogP contribution >= 0.6 is 0 Å². The first-order chi connectivity index (χ1) is 4.43. The largest absolute Gasteiger partial charge is 0.395 e. The summed E-state index contributed by atoms with van der Waals surface area (Å²) in [4.78, 5) is 4.86. The SMILES string of the molecule is OCC1CCCCO[N]1. The van der Waals surface area contributed by atoms with Crippen LogP contribution in [0.1, 0.15) is 19.3 Å². The molecule has 0 amide bonds. The van der Waals surface area contributed by atoms with Crippen molar-refractivity contribution in [3.63, 3.8) is 0 Å². The molecule has 1 atom stereocenters. The van der Waals surface area contributed by atoms with Crippen molar-refractivity contribution in [2.75, 3.05) is 13.2 Å². The van der Waals surface area contributed by atoms with Gasteiger partial charge < -0.3 is 5.11 Å². The monoisotopic (exact) mass is 130 g/mol. The Hall–Kier alpha value is -0.120. The molecule has 1 heterocycles. The molecule has 3 heteroatoms. The summed E-state index contributed by atoms with van der Waals surface area (Å²) in [5.74, 6) is 0. The van der Waals surface area contributed by atoms with Gasteiger partial charge in [0.05, 0.1) is 19.3 Å². The Kier molecular flexibility index (Phi) is 2.97. The molecule has 0 aromatic heterocycles. The summed E-state index contributed by atoms with van der Waals surface area (Å²) in [6.45, 7) is 0.844. The molecule has 9 heavy (non-hydrogen) atoms. The molecule has 0 spiro atoms. The minimum absolute atomic E-state index is 0.0347. The standard InChI is InChI=1S/C6H12NO2/c8-5-6-3-1-2-4-9-7-6/h6,8H,1-5H2. The van der Waals surface area contributed by atoms with Crippen molar-refractivity contribution in [3.8, 4) is 0 Å². The molecule has 1 aliphatic heterocycles. The van der Waals surface area contributed by atoms with Crippen LogP contribution in [0.15, 0.2) is 0 Å². The molecule has 1 saturated heterocycles. The van der Waals surface area contributed by atoms with Gasteiger partial charge in [-0.1, -0.05) is 5.48 Å². The average molecular weight is 130 g/mol. The topological polar surface area (TPSA) is 43.6 Å². The maximum absolute atomic E-state index is 8.64. The van der Waals surface area contributed by atoms with E-state index < -0.39 is 0 Å². The zero-order chi connectivity index (χ0) is 6.53. The molecule has 1 aliphatic rings. The van der Waals surface area contributed by atoms with Crippen molar-refractivity contribution in [1.82, 2.24) is 5.48 Å². The second-order valence-corrected chi connectivity index (χ2v) is 2.27. The van der Waals surface area contributed by atoms with Gasteiger partial charge in [0, 0.05) is 0 Å². The molecule has 0 aromatic carbocycles. The normalized spacial score (nSPS) is 29.7. The van der Waals surface area contributed by atoms with E-state index in [1.807, 2.05) is 0 Å². The molecule has 1 rings (SSSR count). The van der Waals surface area contributed by atoms with E-state index in [0.717, 1.165) is 25.9 Å². The van der Waals surface area contributed by atoms with Crippen LogP contribution in [0, 0.1) is 0 Å².